The van der Waals surface area contributed by atoms with E-state index in [1.165, 1.54) is 11.3 Å². The molecule has 6 nitrogen and oxygen atoms in total. The van der Waals surface area contributed by atoms with Crippen LogP contribution < -0.4 is 0 Å². The van der Waals surface area contributed by atoms with Gasteiger partial charge in [-0.1, -0.05) is 0 Å². The molecule has 0 aliphatic rings. The number of carboxylic acid groups (broad SMARTS) is 1. The number of aromatic carboxylic acids is 1. The van der Waals surface area contributed by atoms with E-state index in [2.05, 4.69) is 15.2 Å². The number of carbonyl (C=O) groups is 1. The Bertz CT molecular complexity index is 476. The zero-order chi connectivity index (χ0) is 10.1. The van der Waals surface area contributed by atoms with E-state index in [9.17, 15) is 4.79 Å². The lowest BCUT2D eigenvalue weighted by atomic mass is 10.5. The molecule has 72 valence electrons. The SMILES string of the molecule is Cc1ncc(-c2nnc(C(=O)O)o2)s1. The highest BCUT2D eigenvalue weighted by molar-refractivity contribution is 7.14. The van der Waals surface area contributed by atoms with Crippen LogP contribution in [0.3, 0.4) is 0 Å². The molecule has 2 aromatic heterocycles. The van der Waals surface area contributed by atoms with Gasteiger partial charge in [-0.3, -0.25) is 0 Å². The molecule has 0 spiro atoms. The van der Waals surface area contributed by atoms with Crippen molar-refractivity contribution in [2.45, 2.75) is 6.92 Å². The summed E-state index contributed by atoms with van der Waals surface area (Å²) in [5, 5.41) is 16.4. The molecule has 2 aromatic rings. The Morgan fingerprint density at radius 1 is 1.57 bits per heavy atom. The summed E-state index contributed by atoms with van der Waals surface area (Å²) < 4.78 is 4.89. The highest BCUT2D eigenvalue weighted by Crippen LogP contribution is 2.23. The maximum Gasteiger partial charge on any atom is 0.393 e. The first kappa shape index (κ1) is 8.82. The van der Waals surface area contributed by atoms with Gasteiger partial charge in [0.1, 0.15) is 4.88 Å². The Hall–Kier alpha value is -1.76. The van der Waals surface area contributed by atoms with Crippen molar-refractivity contribution in [3.05, 3.63) is 17.1 Å². The summed E-state index contributed by atoms with van der Waals surface area (Å²) in [5.74, 6) is -1.45. The third-order valence-electron chi connectivity index (χ3n) is 1.44. The molecule has 2 rings (SSSR count). The number of hydrogen-bond acceptors (Lipinski definition) is 6. The van der Waals surface area contributed by atoms with Crippen molar-refractivity contribution in [2.75, 3.05) is 0 Å². The van der Waals surface area contributed by atoms with Crippen LogP contribution in [0.15, 0.2) is 10.6 Å². The van der Waals surface area contributed by atoms with Gasteiger partial charge < -0.3 is 9.52 Å². The quantitative estimate of drug-likeness (QED) is 0.802. The summed E-state index contributed by atoms with van der Waals surface area (Å²) in [6.07, 6.45) is 1.57. The summed E-state index contributed by atoms with van der Waals surface area (Å²) in [7, 11) is 0. The molecule has 0 atom stereocenters. The zero-order valence-electron chi connectivity index (χ0n) is 7.09. The fourth-order valence-corrected chi connectivity index (χ4v) is 1.57. The van der Waals surface area contributed by atoms with Crippen LogP contribution in [0.1, 0.15) is 15.7 Å². The van der Waals surface area contributed by atoms with Gasteiger partial charge >= 0.3 is 11.9 Å². The molecule has 7 heteroatoms. The molecule has 14 heavy (non-hydrogen) atoms. The van der Waals surface area contributed by atoms with Crippen molar-refractivity contribution in [3.63, 3.8) is 0 Å². The first-order valence-electron chi connectivity index (χ1n) is 3.66. The van der Waals surface area contributed by atoms with Crippen molar-refractivity contribution in [3.8, 4) is 10.8 Å². The van der Waals surface area contributed by atoms with Crippen molar-refractivity contribution in [1.29, 1.82) is 0 Å². The first-order valence-corrected chi connectivity index (χ1v) is 4.48. The van der Waals surface area contributed by atoms with Crippen LogP contribution in [0.25, 0.3) is 10.8 Å². The summed E-state index contributed by atoms with van der Waals surface area (Å²) in [6.45, 7) is 1.84. The smallest absolute Gasteiger partial charge is 0.393 e. The standard InChI is InChI=1S/C7H5N3O3S/c1-3-8-2-4(14-3)5-9-10-6(13-5)7(11)12/h2H,1H3,(H,11,12). The summed E-state index contributed by atoms with van der Waals surface area (Å²) in [4.78, 5) is 15.1. The largest absolute Gasteiger partial charge is 0.474 e. The van der Waals surface area contributed by atoms with Crippen molar-refractivity contribution < 1.29 is 14.3 Å². The van der Waals surface area contributed by atoms with E-state index in [1.54, 1.807) is 6.20 Å². The van der Waals surface area contributed by atoms with Crippen molar-refractivity contribution >= 4 is 17.3 Å². The average Bonchev–Trinajstić information content (AvgIpc) is 2.70. The molecule has 0 radical (unpaired) electrons. The summed E-state index contributed by atoms with van der Waals surface area (Å²) in [5.41, 5.74) is 0. The Balaban J connectivity index is 2.38. The van der Waals surface area contributed by atoms with Crippen LogP contribution in [0.5, 0.6) is 0 Å². The second kappa shape index (κ2) is 3.18. The minimum atomic E-state index is -1.23. The Morgan fingerprint density at radius 2 is 2.36 bits per heavy atom. The number of aryl methyl sites for hydroxylation is 1. The molecule has 2 heterocycles. The van der Waals surface area contributed by atoms with Gasteiger partial charge in [-0.15, -0.1) is 21.5 Å². The van der Waals surface area contributed by atoms with Crippen LogP contribution >= 0.6 is 11.3 Å². The maximum atomic E-state index is 10.4. The number of aromatic nitrogens is 3. The third-order valence-corrected chi connectivity index (χ3v) is 2.34. The van der Waals surface area contributed by atoms with E-state index < -0.39 is 11.9 Å². The van der Waals surface area contributed by atoms with Crippen LogP contribution in [0.2, 0.25) is 0 Å². The molecule has 0 saturated heterocycles. The van der Waals surface area contributed by atoms with E-state index in [4.69, 9.17) is 9.52 Å². The Morgan fingerprint density at radius 3 is 2.86 bits per heavy atom. The van der Waals surface area contributed by atoms with Gasteiger partial charge in [0, 0.05) is 0 Å². The second-order valence-corrected chi connectivity index (χ2v) is 3.70. The van der Waals surface area contributed by atoms with E-state index >= 15 is 0 Å². The lowest BCUT2D eigenvalue weighted by Crippen LogP contribution is -1.95. The molecule has 1 N–H and O–H groups in total. The van der Waals surface area contributed by atoms with Gasteiger partial charge in [0.2, 0.25) is 0 Å². The highest BCUT2D eigenvalue weighted by atomic mass is 32.1. The lowest BCUT2D eigenvalue weighted by Gasteiger charge is -1.83. The second-order valence-electron chi connectivity index (χ2n) is 2.46. The van der Waals surface area contributed by atoms with Crippen LogP contribution in [0.4, 0.5) is 0 Å². The van der Waals surface area contributed by atoms with Crippen LogP contribution in [0, 0.1) is 6.92 Å². The van der Waals surface area contributed by atoms with Crippen molar-refractivity contribution in [1.82, 2.24) is 15.2 Å². The fourth-order valence-electron chi connectivity index (χ4n) is 0.869. The number of rotatable bonds is 2. The summed E-state index contributed by atoms with van der Waals surface area (Å²) >= 11 is 1.37. The number of carboxylic acids is 1. The fraction of sp³-hybridized carbons (Fsp3) is 0.143. The zero-order valence-corrected chi connectivity index (χ0v) is 7.91. The monoisotopic (exact) mass is 211 g/mol. The molecule has 0 aromatic carbocycles. The van der Waals surface area contributed by atoms with Gasteiger partial charge in [-0.25, -0.2) is 9.78 Å². The molecule has 0 amide bonds. The molecule has 0 aliphatic heterocycles. The minimum Gasteiger partial charge on any atom is -0.474 e. The normalized spacial score (nSPS) is 10.4. The molecule has 0 saturated carbocycles. The van der Waals surface area contributed by atoms with E-state index in [1.807, 2.05) is 6.92 Å². The number of nitrogens with zero attached hydrogens (tertiary/aromatic N) is 3. The van der Waals surface area contributed by atoms with Gasteiger partial charge in [0.05, 0.1) is 11.2 Å². The highest BCUT2D eigenvalue weighted by Gasteiger charge is 2.15. The average molecular weight is 211 g/mol. The molecule has 0 aliphatic carbocycles. The van der Waals surface area contributed by atoms with Crippen LogP contribution in [-0.2, 0) is 0 Å². The summed E-state index contributed by atoms with van der Waals surface area (Å²) in [6, 6.07) is 0. The number of thiazole rings is 1. The molecular formula is C7H5N3O3S. The van der Waals surface area contributed by atoms with Crippen molar-refractivity contribution in [2.24, 2.45) is 0 Å². The Kier molecular flexibility index (Phi) is 2.01. The predicted octanol–water partition coefficient (Wildman–Crippen LogP) is 1.20. The topological polar surface area (TPSA) is 89.1 Å². The Labute approximate surface area is 82.2 Å². The van der Waals surface area contributed by atoms with Gasteiger partial charge in [-0.2, -0.15) is 0 Å². The minimum absolute atomic E-state index is 0.188. The van der Waals surface area contributed by atoms with E-state index in [-0.39, 0.29) is 5.89 Å². The molecular weight excluding hydrogens is 206 g/mol. The van der Waals surface area contributed by atoms with Gasteiger partial charge in [-0.05, 0) is 6.92 Å². The molecule has 0 bridgehead atoms. The molecule has 0 unspecified atom stereocenters. The van der Waals surface area contributed by atoms with Gasteiger partial charge in [0.15, 0.2) is 0 Å². The lowest BCUT2D eigenvalue weighted by molar-refractivity contribution is 0.0654. The van der Waals surface area contributed by atoms with Crippen LogP contribution in [-0.4, -0.2) is 26.3 Å². The van der Waals surface area contributed by atoms with E-state index in [0.717, 1.165) is 5.01 Å². The third kappa shape index (κ3) is 1.49. The predicted molar refractivity (Wildman–Crippen MR) is 47.1 cm³/mol. The van der Waals surface area contributed by atoms with Gasteiger partial charge in [0.25, 0.3) is 5.89 Å². The maximum absolute atomic E-state index is 10.4. The first-order chi connectivity index (χ1) is 6.66. The number of hydrogen-bond donors (Lipinski definition) is 1. The molecule has 0 fully saturated rings. The van der Waals surface area contributed by atoms with E-state index in [0.29, 0.717) is 4.88 Å².